The van der Waals surface area contributed by atoms with Gasteiger partial charge in [0.15, 0.2) is 5.16 Å². The molecule has 1 aromatic heterocycles. The van der Waals surface area contributed by atoms with Gasteiger partial charge in [-0.1, -0.05) is 43.8 Å². The van der Waals surface area contributed by atoms with E-state index in [0.717, 1.165) is 24.2 Å². The van der Waals surface area contributed by atoms with Gasteiger partial charge in [-0.05, 0) is 24.5 Å². The molecule has 0 bridgehead atoms. The molecule has 2 heterocycles. The molecule has 1 aliphatic rings. The lowest BCUT2D eigenvalue weighted by Crippen LogP contribution is -2.36. The fraction of sp³-hybridized carbons (Fsp3) is 0.368. The topological polar surface area (TPSA) is 104 Å². The van der Waals surface area contributed by atoms with E-state index in [-0.39, 0.29) is 35.2 Å². The Bertz CT molecular complexity index is 925. The second kappa shape index (κ2) is 8.39. The van der Waals surface area contributed by atoms with E-state index in [1.165, 1.54) is 11.8 Å². The molecule has 0 radical (unpaired) electrons. The lowest BCUT2D eigenvalue weighted by atomic mass is 9.92. The van der Waals surface area contributed by atoms with Gasteiger partial charge in [-0.2, -0.15) is 0 Å². The number of benzene rings is 1. The SMILES string of the molecule is CCCSc1nc2c(c(=O)[nH]1)[C@@H](C(=O)Nc1ccccc1CC)CC(=O)N2. The van der Waals surface area contributed by atoms with Crippen molar-refractivity contribution in [2.24, 2.45) is 0 Å². The molecule has 0 fully saturated rings. The summed E-state index contributed by atoms with van der Waals surface area (Å²) in [6.07, 6.45) is 1.61. The maximum absolute atomic E-state index is 12.9. The third-order valence-electron chi connectivity index (χ3n) is 4.34. The molecule has 27 heavy (non-hydrogen) atoms. The lowest BCUT2D eigenvalue weighted by molar-refractivity contribution is -0.123. The van der Waals surface area contributed by atoms with Gasteiger partial charge in [0.05, 0.1) is 11.5 Å². The van der Waals surface area contributed by atoms with Crippen molar-refractivity contribution in [1.29, 1.82) is 0 Å². The zero-order chi connectivity index (χ0) is 19.4. The standard InChI is InChI=1S/C19H22N4O3S/c1-3-9-27-19-22-16-15(18(26)23-19)12(10-14(24)21-16)17(25)20-13-8-6-5-7-11(13)4-2/h5-8,12H,3-4,9-10H2,1-2H3,(H,20,25)(H2,21,22,23,24,26)/t12-/m0/s1. The normalized spacial score (nSPS) is 15.8. The van der Waals surface area contributed by atoms with E-state index in [9.17, 15) is 14.4 Å². The number of fused-ring (bicyclic) bond motifs is 1. The second-order valence-corrected chi connectivity index (χ2v) is 7.37. The molecule has 0 spiro atoms. The van der Waals surface area contributed by atoms with Crippen molar-refractivity contribution in [3.05, 3.63) is 45.7 Å². The molecule has 0 unspecified atom stereocenters. The van der Waals surface area contributed by atoms with Gasteiger partial charge in [0.1, 0.15) is 5.82 Å². The molecule has 0 saturated carbocycles. The summed E-state index contributed by atoms with van der Waals surface area (Å²) >= 11 is 1.41. The van der Waals surface area contributed by atoms with E-state index in [1.807, 2.05) is 38.1 Å². The Morgan fingerprint density at radius 1 is 1.30 bits per heavy atom. The van der Waals surface area contributed by atoms with Gasteiger partial charge >= 0.3 is 0 Å². The Morgan fingerprint density at radius 3 is 2.81 bits per heavy atom. The van der Waals surface area contributed by atoms with Crippen LogP contribution in [0.15, 0.2) is 34.2 Å². The van der Waals surface area contributed by atoms with Crippen molar-refractivity contribution in [3.63, 3.8) is 0 Å². The number of aromatic amines is 1. The second-order valence-electron chi connectivity index (χ2n) is 6.29. The minimum absolute atomic E-state index is 0.0840. The zero-order valence-corrected chi connectivity index (χ0v) is 16.1. The number of para-hydroxylation sites is 1. The summed E-state index contributed by atoms with van der Waals surface area (Å²) in [5.41, 5.74) is 1.51. The van der Waals surface area contributed by atoms with Crippen LogP contribution in [0, 0.1) is 0 Å². The number of nitrogens with one attached hydrogen (secondary N) is 3. The summed E-state index contributed by atoms with van der Waals surface area (Å²) in [4.78, 5) is 44.6. The van der Waals surface area contributed by atoms with Gasteiger partial charge in [0.2, 0.25) is 11.8 Å². The van der Waals surface area contributed by atoms with Crippen LogP contribution < -0.4 is 16.2 Å². The van der Waals surface area contributed by atoms with E-state index in [0.29, 0.717) is 10.8 Å². The molecule has 3 N–H and O–H groups in total. The fourth-order valence-electron chi connectivity index (χ4n) is 3.01. The Kier molecular flexibility index (Phi) is 5.95. The third-order valence-corrected chi connectivity index (χ3v) is 5.42. The summed E-state index contributed by atoms with van der Waals surface area (Å²) in [5, 5.41) is 5.93. The first-order chi connectivity index (χ1) is 13.0. The Labute approximate surface area is 161 Å². The lowest BCUT2D eigenvalue weighted by Gasteiger charge is -2.24. The largest absolute Gasteiger partial charge is 0.325 e. The fourth-order valence-corrected chi connectivity index (χ4v) is 3.73. The molecule has 2 amide bonds. The summed E-state index contributed by atoms with van der Waals surface area (Å²) in [5.74, 6) is -0.602. The van der Waals surface area contributed by atoms with Gasteiger partial charge in [-0.25, -0.2) is 4.98 Å². The monoisotopic (exact) mass is 386 g/mol. The Hall–Kier alpha value is -2.61. The van der Waals surface area contributed by atoms with Crippen molar-refractivity contribution in [1.82, 2.24) is 9.97 Å². The number of hydrogen-bond donors (Lipinski definition) is 3. The first kappa shape index (κ1) is 19.2. The molecule has 1 aromatic carbocycles. The number of nitrogens with zero attached hydrogens (tertiary/aromatic N) is 1. The van der Waals surface area contributed by atoms with Crippen LogP contribution in [0.1, 0.15) is 43.7 Å². The zero-order valence-electron chi connectivity index (χ0n) is 15.3. The van der Waals surface area contributed by atoms with E-state index >= 15 is 0 Å². The Balaban J connectivity index is 1.92. The number of aromatic nitrogens is 2. The molecule has 2 aromatic rings. The maximum atomic E-state index is 12.9. The number of carbonyl (C=O) groups excluding carboxylic acids is 2. The number of carbonyl (C=O) groups is 2. The van der Waals surface area contributed by atoms with Gasteiger partial charge < -0.3 is 15.6 Å². The minimum atomic E-state index is -0.875. The summed E-state index contributed by atoms with van der Waals surface area (Å²) in [6.45, 7) is 4.03. The van der Waals surface area contributed by atoms with Gasteiger partial charge in [-0.15, -0.1) is 0 Å². The van der Waals surface area contributed by atoms with Crippen LogP contribution in [0.3, 0.4) is 0 Å². The number of rotatable bonds is 6. The van der Waals surface area contributed by atoms with E-state index in [1.54, 1.807) is 0 Å². The number of amides is 2. The van der Waals surface area contributed by atoms with Crippen LogP contribution in [0.4, 0.5) is 11.5 Å². The molecule has 7 nitrogen and oxygen atoms in total. The number of hydrogen-bond acceptors (Lipinski definition) is 5. The van der Waals surface area contributed by atoms with E-state index in [4.69, 9.17) is 0 Å². The molecule has 3 rings (SSSR count). The number of aryl methyl sites for hydroxylation is 1. The highest BCUT2D eigenvalue weighted by Gasteiger charge is 2.34. The predicted octanol–water partition coefficient (Wildman–Crippen LogP) is 2.90. The summed E-state index contributed by atoms with van der Waals surface area (Å²) < 4.78 is 0. The molecular weight excluding hydrogens is 364 g/mol. The molecule has 0 aliphatic carbocycles. The minimum Gasteiger partial charge on any atom is -0.325 e. The molecule has 1 atom stereocenters. The van der Waals surface area contributed by atoms with Crippen LogP contribution in [0.2, 0.25) is 0 Å². The van der Waals surface area contributed by atoms with Gasteiger partial charge in [-0.3, -0.25) is 14.4 Å². The summed E-state index contributed by atoms with van der Waals surface area (Å²) in [7, 11) is 0. The van der Waals surface area contributed by atoms with Crippen molar-refractivity contribution >= 4 is 35.1 Å². The van der Waals surface area contributed by atoms with Crippen molar-refractivity contribution < 1.29 is 9.59 Å². The smallest absolute Gasteiger partial charge is 0.257 e. The van der Waals surface area contributed by atoms with Gasteiger partial charge in [0.25, 0.3) is 5.56 Å². The van der Waals surface area contributed by atoms with Crippen LogP contribution in [-0.4, -0.2) is 27.5 Å². The number of anilines is 2. The quantitative estimate of drug-likeness (QED) is 0.523. The highest BCUT2D eigenvalue weighted by molar-refractivity contribution is 7.99. The molecular formula is C19H22N4O3S. The molecule has 1 aliphatic heterocycles. The highest BCUT2D eigenvalue weighted by Crippen LogP contribution is 2.30. The van der Waals surface area contributed by atoms with Crippen molar-refractivity contribution in [2.45, 2.75) is 44.2 Å². The van der Waals surface area contributed by atoms with Crippen molar-refractivity contribution in [2.75, 3.05) is 16.4 Å². The highest BCUT2D eigenvalue weighted by atomic mass is 32.2. The predicted molar refractivity (Wildman–Crippen MR) is 106 cm³/mol. The Morgan fingerprint density at radius 2 is 2.07 bits per heavy atom. The molecule has 8 heteroatoms. The van der Waals surface area contributed by atoms with Crippen LogP contribution in [0.25, 0.3) is 0 Å². The first-order valence-corrected chi connectivity index (χ1v) is 9.97. The van der Waals surface area contributed by atoms with Crippen LogP contribution >= 0.6 is 11.8 Å². The average molecular weight is 386 g/mol. The van der Waals surface area contributed by atoms with E-state index < -0.39 is 5.92 Å². The van der Waals surface area contributed by atoms with E-state index in [2.05, 4.69) is 20.6 Å². The van der Waals surface area contributed by atoms with Crippen molar-refractivity contribution in [3.8, 4) is 0 Å². The van der Waals surface area contributed by atoms with Crippen LogP contribution in [-0.2, 0) is 16.0 Å². The first-order valence-electron chi connectivity index (χ1n) is 8.99. The average Bonchev–Trinajstić information content (AvgIpc) is 2.65. The molecule has 142 valence electrons. The number of H-pyrrole nitrogens is 1. The third kappa shape index (κ3) is 4.21. The summed E-state index contributed by atoms with van der Waals surface area (Å²) in [6, 6.07) is 7.49. The number of thioether (sulfide) groups is 1. The maximum Gasteiger partial charge on any atom is 0.257 e. The molecule has 0 saturated heterocycles. The van der Waals surface area contributed by atoms with Gasteiger partial charge in [0, 0.05) is 17.9 Å². The van der Waals surface area contributed by atoms with Crippen LogP contribution in [0.5, 0.6) is 0 Å².